The summed E-state index contributed by atoms with van der Waals surface area (Å²) >= 11 is 0. The molecule has 0 aliphatic carbocycles. The van der Waals surface area contributed by atoms with Crippen molar-refractivity contribution < 1.29 is 4.74 Å². The Kier molecular flexibility index (Phi) is 2.32. The first-order chi connectivity index (χ1) is 6.70. The summed E-state index contributed by atoms with van der Waals surface area (Å²) in [7, 11) is 0. The van der Waals surface area contributed by atoms with E-state index in [0.29, 0.717) is 5.92 Å². The largest absolute Gasteiger partial charge is 0.493 e. The predicted molar refractivity (Wildman–Crippen MR) is 58.8 cm³/mol. The molecule has 0 fully saturated rings. The molecule has 2 rings (SSSR count). The van der Waals surface area contributed by atoms with Gasteiger partial charge < -0.3 is 4.74 Å². The fourth-order valence-electron chi connectivity index (χ4n) is 1.93. The number of fused-ring (bicyclic) bond motifs is 1. The van der Waals surface area contributed by atoms with E-state index in [2.05, 4.69) is 45.0 Å². The highest BCUT2D eigenvalue weighted by atomic mass is 16.5. The molecule has 14 heavy (non-hydrogen) atoms. The average Bonchev–Trinajstić information content (AvgIpc) is 2.18. The number of rotatable bonds is 1. The summed E-state index contributed by atoms with van der Waals surface area (Å²) in [6, 6.07) is 8.49. The molecule has 0 radical (unpaired) electrons. The second-order valence-electron chi connectivity index (χ2n) is 4.19. The van der Waals surface area contributed by atoms with Gasteiger partial charge in [0.2, 0.25) is 0 Å². The third-order valence-electron chi connectivity index (χ3n) is 2.69. The molecule has 1 unspecified atom stereocenters. The minimum Gasteiger partial charge on any atom is -0.493 e. The van der Waals surface area contributed by atoms with Gasteiger partial charge in [-0.3, -0.25) is 0 Å². The highest BCUT2D eigenvalue weighted by Gasteiger charge is 2.23. The van der Waals surface area contributed by atoms with Crippen LogP contribution in [0.25, 0.3) is 5.57 Å². The second-order valence-corrected chi connectivity index (χ2v) is 4.19. The van der Waals surface area contributed by atoms with Gasteiger partial charge in [-0.1, -0.05) is 38.1 Å². The maximum atomic E-state index is 5.72. The van der Waals surface area contributed by atoms with Crippen LogP contribution in [-0.4, -0.2) is 0 Å². The zero-order chi connectivity index (χ0) is 10.1. The van der Waals surface area contributed by atoms with Crippen molar-refractivity contribution in [3.05, 3.63) is 41.7 Å². The lowest BCUT2D eigenvalue weighted by molar-refractivity contribution is 0.0981. The minimum atomic E-state index is 0.217. The summed E-state index contributed by atoms with van der Waals surface area (Å²) in [5.41, 5.74) is 3.87. The van der Waals surface area contributed by atoms with Crippen LogP contribution in [-0.2, 0) is 4.74 Å². The van der Waals surface area contributed by atoms with E-state index in [0.717, 1.165) is 0 Å². The zero-order valence-corrected chi connectivity index (χ0v) is 8.95. The molecule has 1 aliphatic heterocycles. The van der Waals surface area contributed by atoms with E-state index in [1.807, 2.05) is 6.26 Å². The molecule has 1 nitrogen and oxygen atoms in total. The fraction of sp³-hybridized carbons (Fsp3) is 0.385. The molecule has 1 aromatic rings. The van der Waals surface area contributed by atoms with Gasteiger partial charge in [0.25, 0.3) is 0 Å². The van der Waals surface area contributed by atoms with Crippen molar-refractivity contribution in [2.24, 2.45) is 5.92 Å². The van der Waals surface area contributed by atoms with Gasteiger partial charge in [-0.2, -0.15) is 0 Å². The van der Waals surface area contributed by atoms with Crippen LogP contribution in [0, 0.1) is 5.92 Å². The Morgan fingerprint density at radius 1 is 1.21 bits per heavy atom. The van der Waals surface area contributed by atoms with Crippen LogP contribution in [0.1, 0.15) is 38.0 Å². The van der Waals surface area contributed by atoms with Crippen LogP contribution in [0.3, 0.4) is 0 Å². The second kappa shape index (κ2) is 3.49. The van der Waals surface area contributed by atoms with Crippen LogP contribution < -0.4 is 0 Å². The summed E-state index contributed by atoms with van der Waals surface area (Å²) in [5.74, 6) is 0.514. The van der Waals surface area contributed by atoms with Gasteiger partial charge in [0.15, 0.2) is 0 Å². The minimum absolute atomic E-state index is 0.217. The van der Waals surface area contributed by atoms with Gasteiger partial charge in [-0.25, -0.2) is 0 Å². The van der Waals surface area contributed by atoms with Crippen molar-refractivity contribution in [2.75, 3.05) is 0 Å². The van der Waals surface area contributed by atoms with Crippen molar-refractivity contribution in [3.63, 3.8) is 0 Å². The van der Waals surface area contributed by atoms with Crippen molar-refractivity contribution in [1.82, 2.24) is 0 Å². The number of benzene rings is 1. The number of hydrogen-bond donors (Lipinski definition) is 0. The molecular weight excluding hydrogens is 172 g/mol. The van der Waals surface area contributed by atoms with E-state index < -0.39 is 0 Å². The Labute approximate surface area is 85.4 Å². The van der Waals surface area contributed by atoms with Crippen molar-refractivity contribution >= 4 is 5.57 Å². The first-order valence-electron chi connectivity index (χ1n) is 5.11. The summed E-state index contributed by atoms with van der Waals surface area (Å²) in [5, 5.41) is 0. The van der Waals surface area contributed by atoms with Gasteiger partial charge in [-0.15, -0.1) is 0 Å². The fourth-order valence-corrected chi connectivity index (χ4v) is 1.93. The molecule has 0 aromatic heterocycles. The molecule has 74 valence electrons. The standard InChI is InChI=1S/C13H16O/c1-9(2)13-12-7-5-4-6-11(12)10(3)8-14-13/h4-9,13H,1-3H3. The Morgan fingerprint density at radius 2 is 1.93 bits per heavy atom. The molecule has 0 amide bonds. The summed E-state index contributed by atoms with van der Waals surface area (Å²) < 4.78 is 5.72. The third kappa shape index (κ3) is 1.43. The van der Waals surface area contributed by atoms with Gasteiger partial charge in [0.05, 0.1) is 6.26 Å². The molecule has 1 heteroatoms. The van der Waals surface area contributed by atoms with Crippen molar-refractivity contribution in [1.29, 1.82) is 0 Å². The molecule has 1 aliphatic rings. The van der Waals surface area contributed by atoms with Gasteiger partial charge in [0.1, 0.15) is 6.10 Å². The molecule has 1 aromatic carbocycles. The molecule has 0 N–H and O–H groups in total. The maximum absolute atomic E-state index is 5.72. The number of allylic oxidation sites excluding steroid dienone is 1. The molecule has 0 bridgehead atoms. The quantitative estimate of drug-likeness (QED) is 0.651. The van der Waals surface area contributed by atoms with E-state index in [1.165, 1.54) is 16.7 Å². The van der Waals surface area contributed by atoms with Crippen LogP contribution in [0.4, 0.5) is 0 Å². The van der Waals surface area contributed by atoms with Gasteiger partial charge in [0, 0.05) is 5.56 Å². The number of hydrogen-bond acceptors (Lipinski definition) is 1. The zero-order valence-electron chi connectivity index (χ0n) is 8.95. The summed E-state index contributed by atoms with van der Waals surface area (Å²) in [6.45, 7) is 6.47. The topological polar surface area (TPSA) is 9.23 Å². The lowest BCUT2D eigenvalue weighted by Crippen LogP contribution is -2.13. The van der Waals surface area contributed by atoms with Crippen molar-refractivity contribution in [2.45, 2.75) is 26.9 Å². The van der Waals surface area contributed by atoms with Crippen LogP contribution in [0.2, 0.25) is 0 Å². The van der Waals surface area contributed by atoms with Gasteiger partial charge in [-0.05, 0) is 24.0 Å². The monoisotopic (exact) mass is 188 g/mol. The van der Waals surface area contributed by atoms with Crippen molar-refractivity contribution in [3.8, 4) is 0 Å². The molecule has 0 spiro atoms. The summed E-state index contributed by atoms with van der Waals surface area (Å²) in [4.78, 5) is 0. The maximum Gasteiger partial charge on any atom is 0.126 e. The van der Waals surface area contributed by atoms with E-state index >= 15 is 0 Å². The van der Waals surface area contributed by atoms with E-state index in [4.69, 9.17) is 4.74 Å². The third-order valence-corrected chi connectivity index (χ3v) is 2.69. The van der Waals surface area contributed by atoms with Crippen LogP contribution in [0.5, 0.6) is 0 Å². The molecule has 0 saturated carbocycles. The molecular formula is C13H16O. The first kappa shape index (κ1) is 9.32. The predicted octanol–water partition coefficient (Wildman–Crippen LogP) is 3.77. The number of ether oxygens (including phenoxy) is 1. The van der Waals surface area contributed by atoms with Gasteiger partial charge >= 0.3 is 0 Å². The molecule has 0 saturated heterocycles. The van der Waals surface area contributed by atoms with E-state index in [1.54, 1.807) is 0 Å². The Morgan fingerprint density at radius 3 is 2.64 bits per heavy atom. The van der Waals surface area contributed by atoms with E-state index in [-0.39, 0.29) is 6.10 Å². The van der Waals surface area contributed by atoms with Crippen LogP contribution >= 0.6 is 0 Å². The highest BCUT2D eigenvalue weighted by molar-refractivity contribution is 5.67. The average molecular weight is 188 g/mol. The molecule has 1 heterocycles. The Bertz CT molecular complexity index is 363. The normalized spacial score (nSPS) is 20.0. The Balaban J connectivity index is 2.49. The smallest absolute Gasteiger partial charge is 0.126 e. The first-order valence-corrected chi connectivity index (χ1v) is 5.11. The van der Waals surface area contributed by atoms with Crippen LogP contribution in [0.15, 0.2) is 30.5 Å². The Hall–Kier alpha value is -1.24. The molecule has 1 atom stereocenters. The summed E-state index contributed by atoms with van der Waals surface area (Å²) in [6.07, 6.45) is 2.10. The highest BCUT2D eigenvalue weighted by Crippen LogP contribution is 2.36. The SMILES string of the molecule is CC1=COC(C(C)C)c2ccccc21. The lowest BCUT2D eigenvalue weighted by atomic mass is 9.90. The van der Waals surface area contributed by atoms with E-state index in [9.17, 15) is 0 Å². The lowest BCUT2D eigenvalue weighted by Gasteiger charge is -2.27.